The Balaban J connectivity index is 1.95. The van der Waals surface area contributed by atoms with Gasteiger partial charge in [0, 0.05) is 5.10 Å². The normalized spacial score (nSPS) is 11.5. The average Bonchev–Trinajstić information content (AvgIpc) is 2.88. The van der Waals surface area contributed by atoms with Crippen molar-refractivity contribution in [1.82, 2.24) is 14.8 Å². The summed E-state index contributed by atoms with van der Waals surface area (Å²) in [6.45, 7) is 2.14. The second-order valence-electron chi connectivity index (χ2n) is 4.55. The molecule has 8 nitrogen and oxygen atoms in total. The molecule has 0 radical (unpaired) electrons. The van der Waals surface area contributed by atoms with Gasteiger partial charge in [-0.3, -0.25) is 0 Å². The van der Waals surface area contributed by atoms with Crippen LogP contribution in [0.25, 0.3) is 0 Å². The number of aryl methyl sites for hydroxylation is 2. The number of nitro groups is 1. The van der Waals surface area contributed by atoms with Crippen LogP contribution in [-0.4, -0.2) is 33.9 Å². The van der Waals surface area contributed by atoms with Crippen LogP contribution < -0.4 is 0 Å². The Kier molecular flexibility index (Phi) is 4.32. The van der Waals surface area contributed by atoms with Crippen molar-refractivity contribution in [2.45, 2.75) is 24.8 Å². The number of hydrogen-bond donors (Lipinski definition) is 0. The van der Waals surface area contributed by atoms with E-state index < -0.39 is 20.7 Å². The van der Waals surface area contributed by atoms with Gasteiger partial charge in [0.1, 0.15) is 0 Å². The first-order valence-corrected chi connectivity index (χ1v) is 7.87. The lowest BCUT2D eigenvalue weighted by atomic mass is 10.2. The van der Waals surface area contributed by atoms with E-state index in [9.17, 15) is 18.5 Å². The number of hydrogen-bond acceptors (Lipinski definition) is 6. The van der Waals surface area contributed by atoms with Gasteiger partial charge >= 0.3 is 5.95 Å². The fourth-order valence-electron chi connectivity index (χ4n) is 1.76. The van der Waals surface area contributed by atoms with Gasteiger partial charge in [0.25, 0.3) is 0 Å². The number of aromatic nitrogens is 3. The summed E-state index contributed by atoms with van der Waals surface area (Å²) in [5.74, 6) is -0.541. The van der Waals surface area contributed by atoms with E-state index in [2.05, 4.69) is 10.1 Å². The summed E-state index contributed by atoms with van der Waals surface area (Å²) in [5.41, 5.74) is 0.990. The van der Waals surface area contributed by atoms with E-state index >= 15 is 0 Å². The minimum atomic E-state index is -3.35. The molecule has 0 unspecified atom stereocenters. The van der Waals surface area contributed by atoms with E-state index in [4.69, 9.17) is 0 Å². The van der Waals surface area contributed by atoms with Crippen LogP contribution in [-0.2, 0) is 16.4 Å². The molecule has 0 aliphatic carbocycles. The van der Waals surface area contributed by atoms with E-state index in [-0.39, 0.29) is 17.2 Å². The Morgan fingerprint density at radius 1 is 1.29 bits per heavy atom. The van der Waals surface area contributed by atoms with Gasteiger partial charge in [-0.25, -0.2) is 8.42 Å². The number of sulfone groups is 1. The maximum atomic E-state index is 12.1. The first-order valence-electron chi connectivity index (χ1n) is 6.22. The fourth-order valence-corrected chi connectivity index (χ4v) is 3.05. The molecule has 0 amide bonds. The monoisotopic (exact) mass is 310 g/mol. The lowest BCUT2D eigenvalue weighted by molar-refractivity contribution is -0.394. The van der Waals surface area contributed by atoms with E-state index in [1.54, 1.807) is 24.3 Å². The highest BCUT2D eigenvalue weighted by molar-refractivity contribution is 7.91. The summed E-state index contributed by atoms with van der Waals surface area (Å²) in [6, 6.07) is 6.64. The maximum absolute atomic E-state index is 12.1. The van der Waals surface area contributed by atoms with Gasteiger partial charge in [-0.2, -0.15) is 4.68 Å². The second-order valence-corrected chi connectivity index (χ2v) is 6.66. The summed E-state index contributed by atoms with van der Waals surface area (Å²) in [6.07, 6.45) is 1.52. The Morgan fingerprint density at radius 2 is 1.95 bits per heavy atom. The molecule has 0 aliphatic heterocycles. The van der Waals surface area contributed by atoms with Crippen molar-refractivity contribution in [3.8, 4) is 0 Å². The first-order chi connectivity index (χ1) is 9.88. The molecular weight excluding hydrogens is 296 g/mol. The Bertz CT molecular complexity index is 737. The predicted octanol–water partition coefficient (Wildman–Crippen LogP) is 1.36. The van der Waals surface area contributed by atoms with Crippen LogP contribution in [0.15, 0.2) is 35.5 Å². The topological polar surface area (TPSA) is 108 Å². The smallest absolute Gasteiger partial charge is 0.390 e. The molecule has 1 aromatic carbocycles. The molecule has 2 aromatic rings. The highest BCUT2D eigenvalue weighted by atomic mass is 32.2. The lowest BCUT2D eigenvalue weighted by Crippen LogP contribution is -2.10. The number of rotatable bonds is 6. The summed E-state index contributed by atoms with van der Waals surface area (Å²) in [5, 5.41) is 14.1. The summed E-state index contributed by atoms with van der Waals surface area (Å²) < 4.78 is 25.5. The SMILES string of the molecule is Cc1ccc(S(=O)(=O)CCCn2cnc([N+](=O)[O-])n2)cc1. The molecule has 2 rings (SSSR count). The van der Waals surface area contributed by atoms with Crippen molar-refractivity contribution >= 4 is 15.8 Å². The van der Waals surface area contributed by atoms with Gasteiger partial charge in [-0.05, 0) is 30.4 Å². The van der Waals surface area contributed by atoms with Crippen LogP contribution in [0.4, 0.5) is 5.95 Å². The summed E-state index contributed by atoms with van der Waals surface area (Å²) >= 11 is 0. The van der Waals surface area contributed by atoms with Crippen molar-refractivity contribution in [2.24, 2.45) is 0 Å². The van der Waals surface area contributed by atoms with Crippen LogP contribution in [0.5, 0.6) is 0 Å². The van der Waals surface area contributed by atoms with Crippen LogP contribution in [0.1, 0.15) is 12.0 Å². The molecule has 9 heteroatoms. The quantitative estimate of drug-likeness (QED) is 0.588. The number of nitrogens with zero attached hydrogens (tertiary/aromatic N) is 4. The van der Waals surface area contributed by atoms with Crippen LogP contribution in [0.2, 0.25) is 0 Å². The molecule has 0 spiro atoms. The molecule has 1 heterocycles. The van der Waals surface area contributed by atoms with Crippen LogP contribution in [0.3, 0.4) is 0 Å². The van der Waals surface area contributed by atoms with Gasteiger partial charge in [-0.15, -0.1) is 0 Å². The molecule has 0 aliphatic rings. The van der Waals surface area contributed by atoms with Crippen LogP contribution in [0, 0.1) is 17.0 Å². The standard InChI is InChI=1S/C12H14N4O4S/c1-10-3-5-11(6-4-10)21(19,20)8-2-7-15-9-13-12(14-15)16(17)18/h3-6,9H,2,7-8H2,1H3. The molecule has 0 atom stereocenters. The van der Waals surface area contributed by atoms with Crippen LogP contribution >= 0.6 is 0 Å². The van der Waals surface area contributed by atoms with Crippen molar-refractivity contribution in [1.29, 1.82) is 0 Å². The summed E-state index contributed by atoms with van der Waals surface area (Å²) in [7, 11) is -3.35. The zero-order valence-electron chi connectivity index (χ0n) is 11.3. The highest BCUT2D eigenvalue weighted by Gasteiger charge is 2.16. The zero-order valence-corrected chi connectivity index (χ0v) is 12.2. The van der Waals surface area contributed by atoms with Crippen molar-refractivity contribution < 1.29 is 13.3 Å². The van der Waals surface area contributed by atoms with Gasteiger partial charge < -0.3 is 10.1 Å². The largest absolute Gasteiger partial charge is 0.490 e. The third kappa shape index (κ3) is 3.85. The highest BCUT2D eigenvalue weighted by Crippen LogP contribution is 2.13. The second kappa shape index (κ2) is 6.00. The fraction of sp³-hybridized carbons (Fsp3) is 0.333. The molecule has 0 bridgehead atoms. The Hall–Kier alpha value is -2.29. The Labute approximate surface area is 121 Å². The molecule has 112 valence electrons. The minimum Gasteiger partial charge on any atom is -0.390 e. The Morgan fingerprint density at radius 3 is 2.52 bits per heavy atom. The van der Waals surface area contributed by atoms with Gasteiger partial charge in [-0.1, -0.05) is 22.7 Å². The van der Waals surface area contributed by atoms with E-state index in [1.807, 2.05) is 6.92 Å². The third-order valence-electron chi connectivity index (χ3n) is 2.87. The molecule has 0 saturated carbocycles. The van der Waals surface area contributed by atoms with Gasteiger partial charge in [0.05, 0.1) is 17.2 Å². The molecular formula is C12H14N4O4S. The van der Waals surface area contributed by atoms with Crippen molar-refractivity contribution in [2.75, 3.05) is 5.75 Å². The zero-order chi connectivity index (χ0) is 15.5. The molecule has 0 saturated heterocycles. The average molecular weight is 310 g/mol. The summed E-state index contributed by atoms with van der Waals surface area (Å²) in [4.78, 5) is 13.5. The first kappa shape index (κ1) is 15.1. The van der Waals surface area contributed by atoms with Crippen molar-refractivity contribution in [3.05, 3.63) is 46.3 Å². The van der Waals surface area contributed by atoms with E-state index in [0.29, 0.717) is 6.42 Å². The third-order valence-corrected chi connectivity index (χ3v) is 4.68. The van der Waals surface area contributed by atoms with Gasteiger partial charge in [0.2, 0.25) is 6.33 Å². The maximum Gasteiger partial charge on any atom is 0.490 e. The molecule has 0 N–H and O–H groups in total. The van der Waals surface area contributed by atoms with Gasteiger partial charge in [0.15, 0.2) is 9.84 Å². The lowest BCUT2D eigenvalue weighted by Gasteiger charge is -2.04. The molecule has 0 fully saturated rings. The molecule has 1 aromatic heterocycles. The molecule has 21 heavy (non-hydrogen) atoms. The van der Waals surface area contributed by atoms with Crippen molar-refractivity contribution in [3.63, 3.8) is 0 Å². The number of benzene rings is 1. The van der Waals surface area contributed by atoms with E-state index in [1.165, 1.54) is 11.0 Å². The van der Waals surface area contributed by atoms with E-state index in [0.717, 1.165) is 5.56 Å². The predicted molar refractivity (Wildman–Crippen MR) is 74.5 cm³/mol. The minimum absolute atomic E-state index is 0.0519.